The minimum Gasteiger partial charge on any atom is -0.492 e. The van der Waals surface area contributed by atoms with Gasteiger partial charge in [0, 0.05) is 5.02 Å². The zero-order valence-electron chi connectivity index (χ0n) is 13.3. The summed E-state index contributed by atoms with van der Waals surface area (Å²) in [5.74, 6) is 1.94. The van der Waals surface area contributed by atoms with Gasteiger partial charge in [0.2, 0.25) is 15.9 Å². The Morgan fingerprint density at radius 2 is 2.21 bits per heavy atom. The zero-order valence-corrected chi connectivity index (χ0v) is 14.9. The van der Waals surface area contributed by atoms with Crippen molar-refractivity contribution in [2.75, 3.05) is 6.61 Å². The van der Waals surface area contributed by atoms with Crippen LogP contribution < -0.4 is 9.46 Å². The van der Waals surface area contributed by atoms with E-state index in [1.165, 1.54) is 25.1 Å². The predicted octanol–water partition coefficient (Wildman–Crippen LogP) is 3.29. The van der Waals surface area contributed by atoms with Gasteiger partial charge in [0.05, 0.1) is 19.3 Å². The van der Waals surface area contributed by atoms with E-state index in [0.29, 0.717) is 34.9 Å². The van der Waals surface area contributed by atoms with Crippen LogP contribution in [0.3, 0.4) is 0 Å². The summed E-state index contributed by atoms with van der Waals surface area (Å²) in [7, 11) is -3.80. The highest BCUT2D eigenvalue weighted by molar-refractivity contribution is 7.89. The fourth-order valence-corrected chi connectivity index (χ4v) is 3.65. The van der Waals surface area contributed by atoms with Crippen LogP contribution in [0.1, 0.15) is 30.9 Å². The minimum atomic E-state index is -3.80. The number of ether oxygens (including phenoxy) is 1. The fourth-order valence-electron chi connectivity index (χ4n) is 2.27. The normalized spacial score (nSPS) is 14.8. The SMILES string of the molecule is Cc1cnc(CNS(=O)(=O)c2cc(Cl)ccc2OCCC2CC2)o1. The van der Waals surface area contributed by atoms with E-state index in [1.54, 1.807) is 19.1 Å². The molecule has 0 unspecified atom stereocenters. The number of aryl methyl sites for hydroxylation is 1. The maximum Gasteiger partial charge on any atom is 0.244 e. The van der Waals surface area contributed by atoms with Crippen molar-refractivity contribution in [3.8, 4) is 5.75 Å². The van der Waals surface area contributed by atoms with Crippen LogP contribution in [0.4, 0.5) is 0 Å². The Morgan fingerprint density at radius 1 is 1.42 bits per heavy atom. The zero-order chi connectivity index (χ0) is 17.2. The number of nitrogens with one attached hydrogen (secondary N) is 1. The highest BCUT2D eigenvalue weighted by atomic mass is 35.5. The monoisotopic (exact) mass is 370 g/mol. The molecule has 1 aliphatic rings. The van der Waals surface area contributed by atoms with Crippen molar-refractivity contribution < 1.29 is 17.6 Å². The molecule has 0 amide bonds. The summed E-state index contributed by atoms with van der Waals surface area (Å²) in [5.41, 5.74) is 0. The molecule has 3 rings (SSSR count). The quantitative estimate of drug-likeness (QED) is 0.771. The summed E-state index contributed by atoms with van der Waals surface area (Å²) in [6, 6.07) is 4.58. The van der Waals surface area contributed by atoms with Crippen molar-refractivity contribution in [3.05, 3.63) is 41.1 Å². The molecule has 0 bridgehead atoms. The maximum absolute atomic E-state index is 12.6. The molecule has 0 aliphatic heterocycles. The second-order valence-corrected chi connectivity index (χ2v) is 8.03. The molecule has 1 N–H and O–H groups in total. The van der Waals surface area contributed by atoms with Crippen LogP contribution in [0.5, 0.6) is 5.75 Å². The van der Waals surface area contributed by atoms with Crippen LogP contribution in [0.15, 0.2) is 33.7 Å². The number of oxazole rings is 1. The Balaban J connectivity index is 1.73. The summed E-state index contributed by atoms with van der Waals surface area (Å²) in [6.07, 6.45) is 4.93. The lowest BCUT2D eigenvalue weighted by atomic mass is 10.3. The smallest absolute Gasteiger partial charge is 0.244 e. The van der Waals surface area contributed by atoms with Crippen LogP contribution in [0.2, 0.25) is 5.02 Å². The number of rotatable bonds is 8. The Hall–Kier alpha value is -1.57. The average molecular weight is 371 g/mol. The van der Waals surface area contributed by atoms with E-state index < -0.39 is 10.0 Å². The third kappa shape index (κ3) is 4.49. The number of hydrogen-bond donors (Lipinski definition) is 1. The van der Waals surface area contributed by atoms with Gasteiger partial charge in [0.15, 0.2) is 0 Å². The molecule has 0 saturated heterocycles. The van der Waals surface area contributed by atoms with E-state index in [1.807, 2.05) is 0 Å². The van der Waals surface area contributed by atoms with E-state index in [0.717, 1.165) is 6.42 Å². The molecule has 1 aromatic carbocycles. The van der Waals surface area contributed by atoms with Crippen molar-refractivity contribution >= 4 is 21.6 Å². The van der Waals surface area contributed by atoms with Gasteiger partial charge in [-0.15, -0.1) is 0 Å². The van der Waals surface area contributed by atoms with Crippen molar-refractivity contribution in [1.82, 2.24) is 9.71 Å². The van der Waals surface area contributed by atoms with E-state index >= 15 is 0 Å². The molecule has 1 saturated carbocycles. The molecule has 1 heterocycles. The highest BCUT2D eigenvalue weighted by Crippen LogP contribution is 2.33. The van der Waals surface area contributed by atoms with Gasteiger partial charge < -0.3 is 9.15 Å². The van der Waals surface area contributed by atoms with Crippen LogP contribution in [0.25, 0.3) is 0 Å². The molecule has 1 fully saturated rings. The molecule has 1 aromatic heterocycles. The topological polar surface area (TPSA) is 81.4 Å². The van der Waals surface area contributed by atoms with Crippen LogP contribution in [-0.2, 0) is 16.6 Å². The number of halogens is 1. The second kappa shape index (κ2) is 7.13. The summed E-state index contributed by atoms with van der Waals surface area (Å²) >= 11 is 5.96. The molecule has 2 aromatic rings. The first-order chi connectivity index (χ1) is 11.4. The first-order valence-electron chi connectivity index (χ1n) is 7.77. The lowest BCUT2D eigenvalue weighted by molar-refractivity contribution is 0.295. The number of hydrogen-bond acceptors (Lipinski definition) is 5. The van der Waals surface area contributed by atoms with Crippen LogP contribution >= 0.6 is 11.6 Å². The molecule has 0 atom stereocenters. The Kier molecular flexibility index (Phi) is 5.12. The number of aromatic nitrogens is 1. The van der Waals surface area contributed by atoms with Gasteiger partial charge in [-0.05, 0) is 37.5 Å². The number of benzene rings is 1. The van der Waals surface area contributed by atoms with Crippen molar-refractivity contribution in [3.63, 3.8) is 0 Å². The maximum atomic E-state index is 12.6. The van der Waals surface area contributed by atoms with Gasteiger partial charge in [0.25, 0.3) is 0 Å². The van der Waals surface area contributed by atoms with Gasteiger partial charge in [-0.1, -0.05) is 24.4 Å². The minimum absolute atomic E-state index is 0.0223. The van der Waals surface area contributed by atoms with Crippen molar-refractivity contribution in [2.45, 2.75) is 37.6 Å². The predicted molar refractivity (Wildman–Crippen MR) is 89.6 cm³/mol. The summed E-state index contributed by atoms with van der Waals surface area (Å²) in [4.78, 5) is 4.00. The average Bonchev–Trinajstić information content (AvgIpc) is 3.27. The van der Waals surface area contributed by atoms with Crippen LogP contribution in [0, 0.1) is 12.8 Å². The number of sulfonamides is 1. The first-order valence-corrected chi connectivity index (χ1v) is 9.63. The third-order valence-electron chi connectivity index (χ3n) is 3.76. The third-order valence-corrected chi connectivity index (χ3v) is 5.42. The van der Waals surface area contributed by atoms with Crippen molar-refractivity contribution in [1.29, 1.82) is 0 Å². The van der Waals surface area contributed by atoms with Gasteiger partial charge in [-0.25, -0.2) is 18.1 Å². The summed E-state index contributed by atoms with van der Waals surface area (Å²) in [6.45, 7) is 2.20. The molecular weight excluding hydrogens is 352 g/mol. The molecule has 24 heavy (non-hydrogen) atoms. The molecule has 130 valence electrons. The Morgan fingerprint density at radius 3 is 2.88 bits per heavy atom. The summed E-state index contributed by atoms with van der Waals surface area (Å²) in [5, 5.41) is 0.330. The molecule has 1 aliphatic carbocycles. The highest BCUT2D eigenvalue weighted by Gasteiger charge is 2.23. The van der Waals surface area contributed by atoms with Gasteiger partial charge in [-0.3, -0.25) is 0 Å². The van der Waals surface area contributed by atoms with E-state index in [4.69, 9.17) is 20.8 Å². The molecule has 6 nitrogen and oxygen atoms in total. The Bertz CT molecular complexity index is 815. The molecule has 8 heteroatoms. The Labute approximate surface area is 146 Å². The number of nitrogens with zero attached hydrogens (tertiary/aromatic N) is 1. The van der Waals surface area contributed by atoms with E-state index in [-0.39, 0.29) is 11.4 Å². The largest absolute Gasteiger partial charge is 0.492 e. The lowest BCUT2D eigenvalue weighted by Crippen LogP contribution is -2.24. The van der Waals surface area contributed by atoms with Gasteiger partial charge >= 0.3 is 0 Å². The summed E-state index contributed by atoms with van der Waals surface area (Å²) < 4.78 is 38.6. The first kappa shape index (κ1) is 17.3. The molecular formula is C16H19ClN2O4S. The van der Waals surface area contributed by atoms with Crippen molar-refractivity contribution in [2.24, 2.45) is 5.92 Å². The van der Waals surface area contributed by atoms with Gasteiger partial charge in [0.1, 0.15) is 16.4 Å². The van der Waals surface area contributed by atoms with Gasteiger partial charge in [-0.2, -0.15) is 0 Å². The van der Waals surface area contributed by atoms with Crippen LogP contribution in [-0.4, -0.2) is 20.0 Å². The van der Waals surface area contributed by atoms with E-state index in [2.05, 4.69) is 9.71 Å². The van der Waals surface area contributed by atoms with E-state index in [9.17, 15) is 8.42 Å². The molecule has 0 radical (unpaired) electrons. The molecule has 0 spiro atoms. The lowest BCUT2D eigenvalue weighted by Gasteiger charge is -2.12. The standard InChI is InChI=1S/C16H19ClN2O4S/c1-11-9-18-16(23-11)10-19-24(20,21)15-8-13(17)4-5-14(15)22-7-6-12-2-3-12/h4-5,8-9,12,19H,2-3,6-7,10H2,1H3. The fraction of sp³-hybridized carbons (Fsp3) is 0.438. The second-order valence-electron chi connectivity index (χ2n) is 5.86.